The molecule has 7 aromatic heterocycles. The second-order valence-electron chi connectivity index (χ2n) is 51.5. The van der Waals surface area contributed by atoms with Gasteiger partial charge in [0.25, 0.3) is 0 Å². The van der Waals surface area contributed by atoms with Gasteiger partial charge in [0.05, 0.1) is 53.8 Å². The minimum absolute atomic E-state index is 0.00238. The van der Waals surface area contributed by atoms with Crippen LogP contribution in [0.15, 0.2) is 156 Å². The van der Waals surface area contributed by atoms with Gasteiger partial charge in [-0.1, -0.05) is 362 Å². The van der Waals surface area contributed by atoms with Crippen LogP contribution in [0.4, 0.5) is 0 Å². The average Bonchev–Trinajstić information content (AvgIpc) is 1.74. The van der Waals surface area contributed by atoms with Crippen LogP contribution in [0.1, 0.15) is 378 Å². The van der Waals surface area contributed by atoms with Crippen LogP contribution in [0.2, 0.25) is 0 Å². The second-order valence-corrected chi connectivity index (χ2v) is 59.2. The third-order valence-corrected chi connectivity index (χ3v) is 29.3. The van der Waals surface area contributed by atoms with Crippen molar-refractivity contribution in [3.8, 4) is 0 Å². The number of aromatic nitrogens is 11. The molecule has 12 nitrogen and oxygen atoms in total. The Morgan fingerprint density at radius 3 is 1.16 bits per heavy atom. The maximum atomic E-state index is 4.71. The summed E-state index contributed by atoms with van der Waals surface area (Å²) in [6.45, 7) is 108. The number of pyridine rings is 3. The van der Waals surface area contributed by atoms with Crippen LogP contribution >= 0.6 is 94.1 Å². The van der Waals surface area contributed by atoms with Gasteiger partial charge in [-0.3, -0.25) is 4.99 Å². The highest BCUT2D eigenvalue weighted by molar-refractivity contribution is 8.14. The van der Waals surface area contributed by atoms with Crippen molar-refractivity contribution in [1.82, 2.24) is 54.8 Å². The fourth-order valence-electron chi connectivity index (χ4n) is 9.78. The van der Waals surface area contributed by atoms with Crippen molar-refractivity contribution in [2.45, 2.75) is 401 Å². The maximum Gasteiger partial charge on any atom is 0.187 e. The van der Waals surface area contributed by atoms with E-state index in [1.54, 1.807) is 41.6 Å². The third kappa shape index (κ3) is 60.0. The van der Waals surface area contributed by atoms with E-state index in [4.69, 9.17) is 4.98 Å². The van der Waals surface area contributed by atoms with Gasteiger partial charge in [-0.2, -0.15) is 0 Å². The molecule has 1 aliphatic heterocycles. The predicted octanol–water partition coefficient (Wildman–Crippen LogP) is 34.0. The molecular formula is C109H182N12S8. The van der Waals surface area contributed by atoms with Gasteiger partial charge in [0, 0.05) is 110 Å². The summed E-state index contributed by atoms with van der Waals surface area (Å²) in [6, 6.07) is 22.9. The molecule has 0 aliphatic carbocycles. The predicted molar refractivity (Wildman–Crippen MR) is 586 cm³/mol. The lowest BCUT2D eigenvalue weighted by Gasteiger charge is -2.24. The first-order valence-corrected chi connectivity index (χ1v) is 54.1. The number of hydrogen-bond donors (Lipinski definition) is 0. The molecule has 8 rings (SSSR count). The summed E-state index contributed by atoms with van der Waals surface area (Å²) in [6.07, 6.45) is 15.4. The quantitative estimate of drug-likeness (QED) is 0.0511. The van der Waals surface area contributed by atoms with Crippen molar-refractivity contribution in [2.24, 2.45) is 53.7 Å². The van der Waals surface area contributed by atoms with Gasteiger partial charge in [-0.25, -0.2) is 54.8 Å². The average molecular weight is 1920 g/mol. The first-order valence-electron chi connectivity index (χ1n) is 46.2. The van der Waals surface area contributed by atoms with E-state index in [2.05, 4.69) is 447 Å². The number of hydrogen-bond acceptors (Lipinski definition) is 20. The van der Waals surface area contributed by atoms with E-state index in [1.807, 2.05) is 114 Å². The minimum Gasteiger partial charge on any atom is -0.274 e. The number of rotatable bonds is 16. The molecule has 0 atom stereocenters. The van der Waals surface area contributed by atoms with Crippen molar-refractivity contribution < 1.29 is 0 Å². The summed E-state index contributed by atoms with van der Waals surface area (Å²) < 4.78 is 0. The van der Waals surface area contributed by atoms with E-state index in [1.165, 1.54) is 32.5 Å². The van der Waals surface area contributed by atoms with E-state index in [-0.39, 0.29) is 43.3 Å². The van der Waals surface area contributed by atoms with E-state index in [0.29, 0.717) is 43.3 Å². The van der Waals surface area contributed by atoms with Crippen molar-refractivity contribution in [3.05, 3.63) is 167 Å². The Hall–Kier alpha value is -4.28. The maximum absolute atomic E-state index is 4.71. The zero-order chi connectivity index (χ0) is 99.9. The van der Waals surface area contributed by atoms with Crippen LogP contribution in [0.5, 0.6) is 0 Å². The van der Waals surface area contributed by atoms with Crippen LogP contribution < -0.4 is 0 Å². The molecule has 0 aromatic carbocycles. The molecule has 20 heteroatoms. The zero-order valence-corrected chi connectivity index (χ0v) is 97.1. The Bertz CT molecular complexity index is 4080. The molecule has 129 heavy (non-hydrogen) atoms. The summed E-state index contributed by atoms with van der Waals surface area (Å²) in [5, 5.41) is 9.90. The zero-order valence-electron chi connectivity index (χ0n) is 90.5. The first-order chi connectivity index (χ1) is 58.0. The van der Waals surface area contributed by atoms with Gasteiger partial charge < -0.3 is 0 Å². The molecule has 0 fully saturated rings. The van der Waals surface area contributed by atoms with E-state index in [9.17, 15) is 0 Å². The first kappa shape index (κ1) is 123. The summed E-state index contributed by atoms with van der Waals surface area (Å²) in [7, 11) is 0. The fourth-order valence-corrected chi connectivity index (χ4v) is 17.6. The normalized spacial score (nSPS) is 13.5. The van der Waals surface area contributed by atoms with Crippen molar-refractivity contribution in [3.63, 3.8) is 0 Å². The highest BCUT2D eigenvalue weighted by Gasteiger charge is 2.29. The van der Waals surface area contributed by atoms with E-state index < -0.39 is 0 Å². The monoisotopic (exact) mass is 1920 g/mol. The molecule has 0 radical (unpaired) electrons. The van der Waals surface area contributed by atoms with Crippen LogP contribution in [0.3, 0.4) is 0 Å². The lowest BCUT2D eigenvalue weighted by atomic mass is 9.87. The van der Waals surface area contributed by atoms with Crippen LogP contribution in [-0.2, 0) is 37.9 Å². The Morgan fingerprint density at radius 2 is 0.705 bits per heavy atom. The van der Waals surface area contributed by atoms with Crippen LogP contribution in [0, 0.1) is 48.7 Å². The Balaban J connectivity index is 0.000000737. The Labute approximate surface area is 826 Å². The Kier molecular flexibility index (Phi) is 49.8. The number of nitrogens with zero attached hydrogens (tertiary/aromatic N) is 12. The fraction of sp³-hybridized carbons (Fsp3) is 0.670. The summed E-state index contributed by atoms with van der Waals surface area (Å²) in [5.74, 6) is 10.6. The topological polar surface area (TPSA) is 154 Å². The van der Waals surface area contributed by atoms with E-state index in [0.717, 1.165) is 107 Å². The molecule has 8 heterocycles. The van der Waals surface area contributed by atoms with Crippen LogP contribution in [-0.4, -0.2) is 112 Å². The van der Waals surface area contributed by atoms with Crippen molar-refractivity contribution >= 4 is 105 Å². The van der Waals surface area contributed by atoms with Gasteiger partial charge in [0.2, 0.25) is 0 Å². The Morgan fingerprint density at radius 1 is 0.287 bits per heavy atom. The van der Waals surface area contributed by atoms with Gasteiger partial charge >= 0.3 is 0 Å². The van der Waals surface area contributed by atoms with Gasteiger partial charge in [-0.05, 0) is 142 Å². The lowest BCUT2D eigenvalue weighted by molar-refractivity contribution is 0.479. The van der Waals surface area contributed by atoms with Crippen molar-refractivity contribution in [1.29, 1.82) is 0 Å². The largest absolute Gasteiger partial charge is 0.274 e. The highest BCUT2D eigenvalue weighted by Crippen LogP contribution is 2.39. The van der Waals surface area contributed by atoms with E-state index >= 15 is 0 Å². The minimum atomic E-state index is 0.00238. The van der Waals surface area contributed by atoms with Crippen LogP contribution in [0.25, 0.3) is 6.08 Å². The standard InChI is InChI=1S/C15H24N2S.3C14H23NS.3C13H22N2S.C13H23NS/c1-14(2,3)11-18-10-8-12-7-9-16-13(17-12)15(4,5)6;1-13(2,3)10-16-12-9-11(7-8-15-12)14(4,5)6;1-13(2,3)10-16-12-11(14(4,5)6)8-7-9-15-12;1-13(2,3)10-16-12-9-7-8-11(15-12)14(4,5)6;1-12(2,3)8-16-11-7-10(13(4,5)6)14-9-15-11;1-12(2,3)9-16-10-7-8-14-11(15-10)13(4,5)6;1-12(2,3)9-16-11-14-8-7-10(15-11)13(4,5)6;1-12(2,3)9-15-11-10(7-8-14-11)13(4,5)6/h7-10H,11H2,1-6H3;3*7-9H,10H2,1-6H3;7,9H,8H2,1-6H3;2*7-8H,9H2,1-6H3;7H,8-9H2,1-6H3/b10-8+;;;;;;;. The molecular weight excluding hydrogens is 1730 g/mol. The molecule has 0 unspecified atom stereocenters. The molecule has 0 spiro atoms. The second kappa shape index (κ2) is 52.3. The molecule has 0 saturated carbocycles. The van der Waals surface area contributed by atoms with Gasteiger partial charge in [-0.15, -0.1) is 82.3 Å². The molecule has 0 saturated heterocycles. The van der Waals surface area contributed by atoms with Gasteiger partial charge in [0.1, 0.15) is 18.0 Å². The highest BCUT2D eigenvalue weighted by atomic mass is 32.2. The molecule has 7 aromatic rings. The molecule has 0 amide bonds. The SMILES string of the molecule is CC(C)(C)CS/C=C/c1ccnc(C(C)(C)C)n1.CC(C)(C)CSC1=NCC=C1C(C)(C)C.CC(C)(C)CSc1cc(C(C)(C)C)ccn1.CC(C)(C)CSc1cc(C(C)(C)C)ncn1.CC(C)(C)CSc1cccc(C(C)(C)C)n1.CC(C)(C)CSc1ccnc(C(C)(C)C)n1.CC(C)(C)CSc1nccc(C(C)(C)C)n1.CC(C)(C)CSc1ncccc1C(C)(C)C. The molecule has 0 bridgehead atoms. The summed E-state index contributed by atoms with van der Waals surface area (Å²) in [4.78, 5) is 53.6. The molecule has 726 valence electrons. The lowest BCUT2D eigenvalue weighted by Crippen LogP contribution is -2.17. The molecule has 0 N–H and O–H groups in total. The number of thioether (sulfide) groups is 8. The van der Waals surface area contributed by atoms with Crippen molar-refractivity contribution in [2.75, 3.05) is 52.6 Å². The summed E-state index contributed by atoms with van der Waals surface area (Å²) >= 11 is 14.6. The molecule has 1 aliphatic rings. The smallest absolute Gasteiger partial charge is 0.187 e. The third-order valence-electron chi connectivity index (χ3n) is 17.1. The summed E-state index contributed by atoms with van der Waals surface area (Å²) in [5.41, 5.74) is 12.2. The van der Waals surface area contributed by atoms with Gasteiger partial charge in [0.15, 0.2) is 5.16 Å². The number of aliphatic imine (C=N–C) groups is 1.